The Labute approximate surface area is 142 Å². The van der Waals surface area contributed by atoms with Gasteiger partial charge in [-0.3, -0.25) is 9.59 Å². The summed E-state index contributed by atoms with van der Waals surface area (Å²) in [5.41, 5.74) is 0.856. The number of carbonyl (C=O) groups is 2. The van der Waals surface area contributed by atoms with E-state index in [0.717, 1.165) is 17.1 Å². The topological polar surface area (TPSA) is 62.3 Å². The van der Waals surface area contributed by atoms with Gasteiger partial charge in [0.15, 0.2) is 0 Å². The van der Waals surface area contributed by atoms with Crippen LogP contribution in [0.25, 0.3) is 0 Å². The third-order valence-electron chi connectivity index (χ3n) is 3.78. The SMILES string of the molecule is CC[C@H](C)NC(=O)C[C@H]1Sc2ncccc2N(CC(C)C)C1=O. The van der Waals surface area contributed by atoms with Gasteiger partial charge in [0.1, 0.15) is 5.03 Å². The van der Waals surface area contributed by atoms with Crippen LogP contribution in [0, 0.1) is 5.92 Å². The highest BCUT2D eigenvalue weighted by molar-refractivity contribution is 8.00. The van der Waals surface area contributed by atoms with Crippen molar-refractivity contribution in [2.45, 2.75) is 56.9 Å². The number of carbonyl (C=O) groups excluding carboxylic acids is 2. The van der Waals surface area contributed by atoms with Crippen molar-refractivity contribution in [2.75, 3.05) is 11.4 Å². The van der Waals surface area contributed by atoms with Gasteiger partial charge in [0.05, 0.1) is 10.9 Å². The van der Waals surface area contributed by atoms with Crippen molar-refractivity contribution < 1.29 is 9.59 Å². The summed E-state index contributed by atoms with van der Waals surface area (Å²) in [6.45, 7) is 8.79. The minimum atomic E-state index is -0.403. The van der Waals surface area contributed by atoms with E-state index in [1.165, 1.54) is 11.8 Å². The molecule has 0 fully saturated rings. The maximum atomic E-state index is 12.8. The molecule has 0 radical (unpaired) electrons. The maximum Gasteiger partial charge on any atom is 0.241 e. The van der Waals surface area contributed by atoms with E-state index in [1.54, 1.807) is 11.1 Å². The van der Waals surface area contributed by atoms with Crippen molar-refractivity contribution >= 4 is 29.3 Å². The van der Waals surface area contributed by atoms with Crippen LogP contribution < -0.4 is 10.2 Å². The molecule has 1 N–H and O–H groups in total. The van der Waals surface area contributed by atoms with Gasteiger partial charge in [0.25, 0.3) is 0 Å². The Balaban J connectivity index is 2.17. The van der Waals surface area contributed by atoms with Crippen molar-refractivity contribution in [3.05, 3.63) is 18.3 Å². The monoisotopic (exact) mass is 335 g/mol. The second-order valence-corrected chi connectivity index (χ2v) is 7.55. The van der Waals surface area contributed by atoms with Crippen molar-refractivity contribution in [3.8, 4) is 0 Å². The van der Waals surface area contributed by atoms with E-state index in [0.29, 0.717) is 12.5 Å². The lowest BCUT2D eigenvalue weighted by molar-refractivity contribution is -0.125. The lowest BCUT2D eigenvalue weighted by Crippen LogP contribution is -2.45. The van der Waals surface area contributed by atoms with E-state index in [9.17, 15) is 9.59 Å². The van der Waals surface area contributed by atoms with Crippen LogP contribution in [-0.4, -0.2) is 34.6 Å². The number of hydrogen-bond donors (Lipinski definition) is 1. The number of nitrogens with zero attached hydrogens (tertiary/aromatic N) is 2. The Bertz CT molecular complexity index is 577. The zero-order chi connectivity index (χ0) is 17.0. The van der Waals surface area contributed by atoms with Crippen molar-refractivity contribution in [2.24, 2.45) is 5.92 Å². The Morgan fingerprint density at radius 1 is 1.43 bits per heavy atom. The van der Waals surface area contributed by atoms with Gasteiger partial charge < -0.3 is 10.2 Å². The summed E-state index contributed by atoms with van der Waals surface area (Å²) in [5.74, 6) is 0.280. The summed E-state index contributed by atoms with van der Waals surface area (Å²) in [5, 5.41) is 3.36. The van der Waals surface area contributed by atoms with E-state index in [-0.39, 0.29) is 24.3 Å². The van der Waals surface area contributed by atoms with Gasteiger partial charge in [0, 0.05) is 25.2 Å². The van der Waals surface area contributed by atoms with Crippen molar-refractivity contribution in [1.29, 1.82) is 0 Å². The van der Waals surface area contributed by atoms with Crippen molar-refractivity contribution in [3.63, 3.8) is 0 Å². The molecule has 0 aliphatic carbocycles. The average Bonchev–Trinajstić information content (AvgIpc) is 2.50. The molecule has 0 bridgehead atoms. The molecule has 2 atom stereocenters. The van der Waals surface area contributed by atoms with Crippen LogP contribution in [0.4, 0.5) is 5.69 Å². The molecule has 1 aliphatic heterocycles. The molecule has 0 saturated carbocycles. The number of nitrogens with one attached hydrogen (secondary N) is 1. The maximum absolute atomic E-state index is 12.8. The number of aromatic nitrogens is 1. The molecule has 126 valence electrons. The third-order valence-corrected chi connectivity index (χ3v) is 4.97. The van der Waals surface area contributed by atoms with Gasteiger partial charge in [-0.15, -0.1) is 0 Å². The second-order valence-electron chi connectivity index (χ2n) is 6.36. The fraction of sp³-hybridized carbons (Fsp3) is 0.588. The zero-order valence-corrected chi connectivity index (χ0v) is 15.0. The minimum Gasteiger partial charge on any atom is -0.354 e. The minimum absolute atomic E-state index is 0.00324. The van der Waals surface area contributed by atoms with Gasteiger partial charge in [0.2, 0.25) is 11.8 Å². The Morgan fingerprint density at radius 2 is 2.17 bits per heavy atom. The molecule has 0 aromatic carbocycles. The molecule has 1 aromatic heterocycles. The first-order chi connectivity index (χ1) is 10.9. The number of rotatable bonds is 6. The Morgan fingerprint density at radius 3 is 2.83 bits per heavy atom. The molecular formula is C17H25N3O2S. The number of hydrogen-bond acceptors (Lipinski definition) is 4. The molecule has 23 heavy (non-hydrogen) atoms. The smallest absolute Gasteiger partial charge is 0.241 e. The lowest BCUT2D eigenvalue weighted by atomic mass is 10.1. The summed E-state index contributed by atoms with van der Waals surface area (Å²) in [4.78, 5) is 31.1. The molecule has 5 nitrogen and oxygen atoms in total. The summed E-state index contributed by atoms with van der Waals surface area (Å²) in [6, 6.07) is 3.89. The van der Waals surface area contributed by atoms with Crippen LogP contribution in [0.3, 0.4) is 0 Å². The normalized spacial score (nSPS) is 18.7. The molecule has 1 aliphatic rings. The predicted molar refractivity (Wildman–Crippen MR) is 93.6 cm³/mol. The highest BCUT2D eigenvalue weighted by Crippen LogP contribution is 2.39. The van der Waals surface area contributed by atoms with Gasteiger partial charge in [-0.25, -0.2) is 4.98 Å². The molecule has 2 heterocycles. The first-order valence-corrected chi connectivity index (χ1v) is 9.02. The summed E-state index contributed by atoms with van der Waals surface area (Å²) >= 11 is 1.40. The molecule has 2 amide bonds. The van der Waals surface area contributed by atoms with E-state index < -0.39 is 5.25 Å². The first-order valence-electron chi connectivity index (χ1n) is 8.14. The molecule has 1 aromatic rings. The molecule has 0 saturated heterocycles. The number of amides is 2. The van der Waals surface area contributed by atoms with E-state index in [2.05, 4.69) is 24.1 Å². The summed E-state index contributed by atoms with van der Waals surface area (Å²) in [7, 11) is 0. The van der Waals surface area contributed by atoms with Crippen LogP contribution in [0.2, 0.25) is 0 Å². The number of thioether (sulfide) groups is 1. The number of anilines is 1. The third kappa shape index (κ3) is 4.47. The summed E-state index contributed by atoms with van der Waals surface area (Å²) in [6.07, 6.45) is 2.80. The van der Waals surface area contributed by atoms with E-state index in [1.807, 2.05) is 26.0 Å². The molecule has 0 unspecified atom stereocenters. The van der Waals surface area contributed by atoms with Crippen LogP contribution in [0.5, 0.6) is 0 Å². The van der Waals surface area contributed by atoms with E-state index in [4.69, 9.17) is 0 Å². The summed E-state index contributed by atoms with van der Waals surface area (Å²) < 4.78 is 0. The number of pyridine rings is 1. The zero-order valence-electron chi connectivity index (χ0n) is 14.2. The second kappa shape index (κ2) is 7.81. The Kier molecular flexibility index (Phi) is 6.04. The van der Waals surface area contributed by atoms with Gasteiger partial charge in [-0.05, 0) is 31.4 Å². The van der Waals surface area contributed by atoms with Gasteiger partial charge in [-0.1, -0.05) is 32.5 Å². The highest BCUT2D eigenvalue weighted by Gasteiger charge is 2.35. The first kappa shape index (κ1) is 17.8. The fourth-order valence-electron chi connectivity index (χ4n) is 2.44. The number of fused-ring (bicyclic) bond motifs is 1. The van der Waals surface area contributed by atoms with Gasteiger partial charge >= 0.3 is 0 Å². The largest absolute Gasteiger partial charge is 0.354 e. The standard InChI is InChI=1S/C17H25N3O2S/c1-5-12(4)19-15(21)9-14-17(22)20(10-11(2)3)13-7-6-8-18-16(13)23-14/h6-8,11-12,14H,5,9-10H2,1-4H3,(H,19,21)/t12-,14+/m0/s1. The molecule has 6 heteroatoms. The lowest BCUT2D eigenvalue weighted by Gasteiger charge is -2.33. The fourth-order valence-corrected chi connectivity index (χ4v) is 3.60. The molecule has 2 rings (SSSR count). The Hall–Kier alpha value is -1.56. The quantitative estimate of drug-likeness (QED) is 0.868. The molecule has 0 spiro atoms. The van der Waals surface area contributed by atoms with Crippen molar-refractivity contribution in [1.82, 2.24) is 10.3 Å². The van der Waals surface area contributed by atoms with E-state index >= 15 is 0 Å². The predicted octanol–water partition coefficient (Wildman–Crippen LogP) is 2.85. The van der Waals surface area contributed by atoms with Crippen LogP contribution in [-0.2, 0) is 9.59 Å². The van der Waals surface area contributed by atoms with Crippen LogP contribution >= 0.6 is 11.8 Å². The molecular weight excluding hydrogens is 310 g/mol. The van der Waals surface area contributed by atoms with Crippen LogP contribution in [0.1, 0.15) is 40.5 Å². The van der Waals surface area contributed by atoms with Gasteiger partial charge in [-0.2, -0.15) is 0 Å². The average molecular weight is 335 g/mol. The van der Waals surface area contributed by atoms with Crippen LogP contribution in [0.15, 0.2) is 23.4 Å². The highest BCUT2D eigenvalue weighted by atomic mass is 32.2.